The number of nitrogens with one attached hydrogen (secondary N) is 1. The van der Waals surface area contributed by atoms with Crippen LogP contribution in [0.2, 0.25) is 0 Å². The Balaban J connectivity index is 1.60. The molecule has 0 amide bonds. The normalized spacial score (nSPS) is 35.1. The van der Waals surface area contributed by atoms with Crippen LogP contribution < -0.4 is 5.32 Å². The minimum Gasteiger partial charge on any atom is -0.380 e. The van der Waals surface area contributed by atoms with Gasteiger partial charge in [-0.3, -0.25) is 0 Å². The Morgan fingerprint density at radius 3 is 2.69 bits per heavy atom. The second-order valence-electron chi connectivity index (χ2n) is 3.54. The van der Waals surface area contributed by atoms with E-state index in [1.54, 1.807) is 0 Å². The lowest BCUT2D eigenvalue weighted by Crippen LogP contribution is -2.41. The van der Waals surface area contributed by atoms with Crippen LogP contribution in [0.4, 0.5) is 0 Å². The lowest BCUT2D eigenvalue weighted by molar-refractivity contribution is -0.0870. The Bertz CT molecular complexity index is 142. The molecule has 0 saturated carbocycles. The van der Waals surface area contributed by atoms with E-state index in [0.29, 0.717) is 6.04 Å². The highest BCUT2D eigenvalue weighted by Crippen LogP contribution is 2.05. The third-order valence-corrected chi connectivity index (χ3v) is 2.45. The SMILES string of the molecule is C1CC(NCC2COCCO2)CO1. The summed E-state index contributed by atoms with van der Waals surface area (Å²) in [6.07, 6.45) is 1.35. The van der Waals surface area contributed by atoms with Gasteiger partial charge < -0.3 is 19.5 Å². The molecule has 1 N–H and O–H groups in total. The van der Waals surface area contributed by atoms with Crippen molar-refractivity contribution in [3.8, 4) is 0 Å². The van der Waals surface area contributed by atoms with Crippen molar-refractivity contribution in [1.82, 2.24) is 5.32 Å². The maximum Gasteiger partial charge on any atom is 0.0933 e. The Morgan fingerprint density at radius 2 is 2.00 bits per heavy atom. The van der Waals surface area contributed by atoms with Gasteiger partial charge in [-0.1, -0.05) is 0 Å². The first-order valence-corrected chi connectivity index (χ1v) is 4.95. The fraction of sp³-hybridized carbons (Fsp3) is 1.00. The number of rotatable bonds is 3. The van der Waals surface area contributed by atoms with Crippen molar-refractivity contribution >= 4 is 0 Å². The van der Waals surface area contributed by atoms with E-state index in [4.69, 9.17) is 14.2 Å². The minimum absolute atomic E-state index is 0.231. The second-order valence-corrected chi connectivity index (χ2v) is 3.54. The predicted octanol–water partition coefficient (Wildman–Crippen LogP) is -0.220. The minimum atomic E-state index is 0.231. The molecular formula is C9H17NO3. The third-order valence-electron chi connectivity index (χ3n) is 2.45. The molecule has 2 saturated heterocycles. The Labute approximate surface area is 78.5 Å². The highest BCUT2D eigenvalue weighted by Gasteiger charge is 2.19. The average Bonchev–Trinajstić information content (AvgIpc) is 2.69. The molecule has 0 bridgehead atoms. The van der Waals surface area contributed by atoms with Gasteiger partial charge in [0, 0.05) is 19.2 Å². The molecule has 2 rings (SSSR count). The molecular weight excluding hydrogens is 170 g/mol. The molecule has 2 aliphatic heterocycles. The van der Waals surface area contributed by atoms with Crippen molar-refractivity contribution in [2.75, 3.05) is 39.6 Å². The topological polar surface area (TPSA) is 39.7 Å². The van der Waals surface area contributed by atoms with E-state index < -0.39 is 0 Å². The van der Waals surface area contributed by atoms with Gasteiger partial charge in [-0.25, -0.2) is 0 Å². The van der Waals surface area contributed by atoms with E-state index >= 15 is 0 Å². The van der Waals surface area contributed by atoms with Crippen LogP contribution in [0.25, 0.3) is 0 Å². The van der Waals surface area contributed by atoms with Crippen molar-refractivity contribution in [1.29, 1.82) is 0 Å². The zero-order valence-electron chi connectivity index (χ0n) is 7.83. The summed E-state index contributed by atoms with van der Waals surface area (Å²) >= 11 is 0. The number of hydrogen-bond acceptors (Lipinski definition) is 4. The third kappa shape index (κ3) is 2.91. The molecule has 2 fully saturated rings. The summed E-state index contributed by atoms with van der Waals surface area (Å²) < 4.78 is 16.1. The predicted molar refractivity (Wildman–Crippen MR) is 47.8 cm³/mol. The molecule has 2 heterocycles. The van der Waals surface area contributed by atoms with Crippen molar-refractivity contribution in [2.24, 2.45) is 0 Å². The van der Waals surface area contributed by atoms with Crippen LogP contribution in [0.1, 0.15) is 6.42 Å². The smallest absolute Gasteiger partial charge is 0.0933 e. The summed E-state index contributed by atoms with van der Waals surface area (Å²) in [4.78, 5) is 0. The van der Waals surface area contributed by atoms with Crippen LogP contribution in [0.15, 0.2) is 0 Å². The summed E-state index contributed by atoms with van der Waals surface area (Å²) in [6.45, 7) is 4.80. The van der Waals surface area contributed by atoms with Crippen molar-refractivity contribution in [3.63, 3.8) is 0 Å². The molecule has 13 heavy (non-hydrogen) atoms. The first kappa shape index (κ1) is 9.40. The van der Waals surface area contributed by atoms with Gasteiger partial charge in [0.2, 0.25) is 0 Å². The van der Waals surface area contributed by atoms with E-state index in [9.17, 15) is 0 Å². The lowest BCUT2D eigenvalue weighted by Gasteiger charge is -2.24. The van der Waals surface area contributed by atoms with Crippen LogP contribution in [-0.2, 0) is 14.2 Å². The highest BCUT2D eigenvalue weighted by atomic mass is 16.6. The average molecular weight is 187 g/mol. The van der Waals surface area contributed by atoms with Crippen LogP contribution in [0.3, 0.4) is 0 Å². The second kappa shape index (κ2) is 4.91. The molecule has 4 heteroatoms. The van der Waals surface area contributed by atoms with E-state index in [0.717, 1.165) is 46.0 Å². The molecule has 2 aliphatic rings. The summed E-state index contributed by atoms with van der Waals surface area (Å²) in [6, 6.07) is 0.519. The maximum absolute atomic E-state index is 5.51. The summed E-state index contributed by atoms with van der Waals surface area (Å²) in [5, 5.41) is 3.42. The largest absolute Gasteiger partial charge is 0.380 e. The standard InChI is InChI=1S/C9H17NO3/c1-2-11-6-8(1)10-5-9-7-12-3-4-13-9/h8-10H,1-7H2. The van der Waals surface area contributed by atoms with Crippen molar-refractivity contribution in [2.45, 2.75) is 18.6 Å². The van der Waals surface area contributed by atoms with Gasteiger partial charge in [-0.2, -0.15) is 0 Å². The van der Waals surface area contributed by atoms with Crippen molar-refractivity contribution in [3.05, 3.63) is 0 Å². The maximum atomic E-state index is 5.51. The zero-order chi connectivity index (χ0) is 8.93. The van der Waals surface area contributed by atoms with E-state index in [-0.39, 0.29) is 6.10 Å². The van der Waals surface area contributed by atoms with Crippen molar-refractivity contribution < 1.29 is 14.2 Å². The Morgan fingerprint density at radius 1 is 1.08 bits per heavy atom. The Kier molecular flexibility index (Phi) is 3.55. The molecule has 0 spiro atoms. The zero-order valence-corrected chi connectivity index (χ0v) is 7.83. The van der Waals surface area contributed by atoms with Gasteiger partial charge in [0.15, 0.2) is 0 Å². The summed E-state index contributed by atoms with van der Waals surface area (Å²) in [5.41, 5.74) is 0. The van der Waals surface area contributed by atoms with Gasteiger partial charge in [0.05, 0.1) is 32.5 Å². The molecule has 0 aromatic rings. The molecule has 0 aromatic heterocycles. The monoisotopic (exact) mass is 187 g/mol. The molecule has 0 radical (unpaired) electrons. The lowest BCUT2D eigenvalue weighted by atomic mass is 10.2. The van der Waals surface area contributed by atoms with E-state index in [1.807, 2.05) is 0 Å². The fourth-order valence-electron chi connectivity index (χ4n) is 1.65. The van der Waals surface area contributed by atoms with Gasteiger partial charge in [0.25, 0.3) is 0 Å². The molecule has 2 unspecified atom stereocenters. The fourth-order valence-corrected chi connectivity index (χ4v) is 1.65. The van der Waals surface area contributed by atoms with Crippen LogP contribution >= 0.6 is 0 Å². The van der Waals surface area contributed by atoms with E-state index in [1.165, 1.54) is 0 Å². The van der Waals surface area contributed by atoms with Gasteiger partial charge in [-0.05, 0) is 6.42 Å². The summed E-state index contributed by atoms with van der Waals surface area (Å²) in [7, 11) is 0. The van der Waals surface area contributed by atoms with Gasteiger partial charge in [-0.15, -0.1) is 0 Å². The quantitative estimate of drug-likeness (QED) is 0.663. The van der Waals surface area contributed by atoms with E-state index in [2.05, 4.69) is 5.32 Å². The highest BCUT2D eigenvalue weighted by molar-refractivity contribution is 4.74. The van der Waals surface area contributed by atoms with Crippen LogP contribution in [0, 0.1) is 0 Å². The van der Waals surface area contributed by atoms with Gasteiger partial charge >= 0.3 is 0 Å². The first-order chi connectivity index (χ1) is 6.45. The molecule has 4 nitrogen and oxygen atoms in total. The number of hydrogen-bond donors (Lipinski definition) is 1. The molecule has 2 atom stereocenters. The molecule has 76 valence electrons. The molecule has 0 aromatic carbocycles. The Hall–Kier alpha value is -0.160. The molecule has 0 aliphatic carbocycles. The first-order valence-electron chi connectivity index (χ1n) is 4.95. The van der Waals surface area contributed by atoms with Gasteiger partial charge in [0.1, 0.15) is 0 Å². The summed E-state index contributed by atoms with van der Waals surface area (Å²) in [5.74, 6) is 0. The number of ether oxygens (including phenoxy) is 3. The van der Waals surface area contributed by atoms with Crippen LogP contribution in [-0.4, -0.2) is 51.7 Å². The van der Waals surface area contributed by atoms with Crippen LogP contribution in [0.5, 0.6) is 0 Å².